The summed E-state index contributed by atoms with van der Waals surface area (Å²) in [6.07, 6.45) is 6.14. The van der Waals surface area contributed by atoms with Crippen molar-refractivity contribution in [1.29, 1.82) is 0 Å². The average molecular weight is 389 g/mol. The number of carbonyl (C=O) groups excluding carboxylic acids is 1. The first kappa shape index (κ1) is 20.5. The summed E-state index contributed by atoms with van der Waals surface area (Å²) in [7, 11) is 2.00. The number of anilines is 2. The van der Waals surface area contributed by atoms with E-state index in [-0.39, 0.29) is 11.3 Å². The van der Waals surface area contributed by atoms with Crippen molar-refractivity contribution in [3.63, 3.8) is 0 Å². The van der Waals surface area contributed by atoms with Gasteiger partial charge in [-0.3, -0.25) is 9.78 Å². The molecule has 3 aromatic rings. The summed E-state index contributed by atoms with van der Waals surface area (Å²) >= 11 is 0. The van der Waals surface area contributed by atoms with E-state index in [1.807, 2.05) is 43.4 Å². The number of nitrogens with zero attached hydrogens (tertiary/aromatic N) is 3. The highest BCUT2D eigenvalue weighted by atomic mass is 16.1. The van der Waals surface area contributed by atoms with Crippen molar-refractivity contribution in [3.05, 3.63) is 83.8 Å². The molecule has 0 fully saturated rings. The van der Waals surface area contributed by atoms with E-state index >= 15 is 0 Å². The highest BCUT2D eigenvalue weighted by Crippen LogP contribution is 2.23. The summed E-state index contributed by atoms with van der Waals surface area (Å²) in [6.45, 7) is 7.34. The van der Waals surface area contributed by atoms with E-state index in [9.17, 15) is 4.79 Å². The van der Waals surface area contributed by atoms with Crippen molar-refractivity contribution in [1.82, 2.24) is 9.97 Å². The second kappa shape index (κ2) is 8.86. The summed E-state index contributed by atoms with van der Waals surface area (Å²) in [6, 6.07) is 15.7. The molecule has 0 radical (unpaired) electrons. The van der Waals surface area contributed by atoms with E-state index < -0.39 is 0 Å². The fraction of sp³-hybridized carbons (Fsp3) is 0.292. The van der Waals surface area contributed by atoms with Gasteiger partial charge in [-0.05, 0) is 59.4 Å². The second-order valence-corrected chi connectivity index (χ2v) is 8.21. The highest BCUT2D eigenvalue weighted by Gasteiger charge is 2.14. The molecule has 150 valence electrons. The average Bonchev–Trinajstić information content (AvgIpc) is 2.72. The molecule has 0 aliphatic heterocycles. The Balaban J connectivity index is 1.58. The molecule has 5 heteroatoms. The largest absolute Gasteiger partial charge is 0.359 e. The van der Waals surface area contributed by atoms with Gasteiger partial charge >= 0.3 is 0 Å². The number of nitrogens with one attached hydrogen (secondary N) is 1. The molecule has 0 aliphatic carbocycles. The third kappa shape index (κ3) is 5.64. The smallest absolute Gasteiger partial charge is 0.257 e. The van der Waals surface area contributed by atoms with Crippen molar-refractivity contribution < 1.29 is 4.79 Å². The summed E-state index contributed by atoms with van der Waals surface area (Å²) in [5, 5.41) is 2.93. The van der Waals surface area contributed by atoms with Crippen LogP contribution < -0.4 is 10.2 Å². The first-order valence-corrected chi connectivity index (χ1v) is 9.81. The van der Waals surface area contributed by atoms with Crippen LogP contribution in [0.1, 0.15) is 42.3 Å². The third-order valence-corrected chi connectivity index (χ3v) is 4.90. The van der Waals surface area contributed by atoms with Crippen LogP contribution in [-0.2, 0) is 11.8 Å². The minimum absolute atomic E-state index is 0.0890. The number of carbonyl (C=O) groups is 1. The number of hydrogen-bond acceptors (Lipinski definition) is 4. The second-order valence-electron chi connectivity index (χ2n) is 8.21. The normalized spacial score (nSPS) is 11.2. The zero-order chi connectivity index (χ0) is 20.9. The monoisotopic (exact) mass is 388 g/mol. The summed E-state index contributed by atoms with van der Waals surface area (Å²) in [5.41, 5.74) is 3.88. The Kier molecular flexibility index (Phi) is 6.27. The first-order valence-electron chi connectivity index (χ1n) is 9.81. The molecular weight excluding hydrogens is 360 g/mol. The van der Waals surface area contributed by atoms with Crippen LogP contribution in [0.25, 0.3) is 0 Å². The fourth-order valence-corrected chi connectivity index (χ4v) is 2.96. The number of hydrogen-bond donors (Lipinski definition) is 1. The van der Waals surface area contributed by atoms with Crippen molar-refractivity contribution >= 4 is 17.4 Å². The molecule has 1 aromatic carbocycles. The van der Waals surface area contributed by atoms with Crippen LogP contribution in [0.2, 0.25) is 0 Å². The van der Waals surface area contributed by atoms with Crippen LogP contribution in [0.3, 0.4) is 0 Å². The van der Waals surface area contributed by atoms with Crippen molar-refractivity contribution in [2.24, 2.45) is 0 Å². The van der Waals surface area contributed by atoms with Crippen molar-refractivity contribution in [2.45, 2.75) is 32.6 Å². The number of likely N-dealkylation sites (N-methyl/N-ethyl adjacent to an activating group) is 1. The molecule has 2 heterocycles. The van der Waals surface area contributed by atoms with Gasteiger partial charge in [-0.1, -0.05) is 32.9 Å². The Bertz CT molecular complexity index is 929. The lowest BCUT2D eigenvalue weighted by Gasteiger charge is -2.19. The minimum atomic E-state index is -0.160. The van der Waals surface area contributed by atoms with Crippen LogP contribution in [0, 0.1) is 0 Å². The zero-order valence-corrected chi connectivity index (χ0v) is 17.5. The Labute approximate surface area is 172 Å². The highest BCUT2D eigenvalue weighted by molar-refractivity contribution is 6.04. The molecule has 1 amide bonds. The van der Waals surface area contributed by atoms with Gasteiger partial charge in [0.1, 0.15) is 5.82 Å². The lowest BCUT2D eigenvalue weighted by molar-refractivity contribution is 0.102. The van der Waals surface area contributed by atoms with Gasteiger partial charge in [0, 0.05) is 37.9 Å². The van der Waals surface area contributed by atoms with Crippen molar-refractivity contribution in [2.75, 3.05) is 23.8 Å². The zero-order valence-electron chi connectivity index (χ0n) is 17.5. The van der Waals surface area contributed by atoms with Gasteiger partial charge in [0.2, 0.25) is 0 Å². The molecule has 0 atom stereocenters. The molecule has 1 N–H and O–H groups in total. The van der Waals surface area contributed by atoms with Crippen LogP contribution in [-0.4, -0.2) is 29.5 Å². The van der Waals surface area contributed by atoms with Crippen LogP contribution in [0.5, 0.6) is 0 Å². The Hall–Kier alpha value is -3.21. The number of pyridine rings is 2. The molecule has 0 spiro atoms. The molecule has 0 saturated heterocycles. The molecule has 3 rings (SSSR count). The molecule has 0 saturated carbocycles. The molecule has 29 heavy (non-hydrogen) atoms. The van der Waals surface area contributed by atoms with Crippen LogP contribution in [0.4, 0.5) is 11.5 Å². The molecule has 0 bridgehead atoms. The van der Waals surface area contributed by atoms with Gasteiger partial charge in [0.15, 0.2) is 0 Å². The summed E-state index contributed by atoms with van der Waals surface area (Å²) in [4.78, 5) is 23.1. The Morgan fingerprint density at radius 1 is 1.00 bits per heavy atom. The Morgan fingerprint density at radius 2 is 1.69 bits per heavy atom. The van der Waals surface area contributed by atoms with E-state index in [2.05, 4.69) is 53.1 Å². The first-order chi connectivity index (χ1) is 13.8. The van der Waals surface area contributed by atoms with Gasteiger partial charge in [-0.15, -0.1) is 0 Å². The van der Waals surface area contributed by atoms with Crippen molar-refractivity contribution in [3.8, 4) is 0 Å². The fourth-order valence-electron chi connectivity index (χ4n) is 2.96. The predicted molar refractivity (Wildman–Crippen MR) is 119 cm³/mol. The van der Waals surface area contributed by atoms with Crippen LogP contribution >= 0.6 is 0 Å². The summed E-state index contributed by atoms with van der Waals surface area (Å²) in [5.74, 6) is 0.678. The van der Waals surface area contributed by atoms with Gasteiger partial charge in [0.25, 0.3) is 5.91 Å². The van der Waals surface area contributed by atoms with Crippen LogP contribution in [0.15, 0.2) is 67.1 Å². The van der Waals surface area contributed by atoms with E-state index in [1.165, 1.54) is 11.1 Å². The number of rotatable bonds is 6. The number of benzene rings is 1. The van der Waals surface area contributed by atoms with Gasteiger partial charge in [-0.25, -0.2) is 4.98 Å². The third-order valence-electron chi connectivity index (χ3n) is 4.90. The standard InChI is InChI=1S/C24H28N4O/c1-24(2,3)20-6-8-21(9-7-20)27-23(29)19-5-10-22(26-17-19)28(4)16-13-18-11-14-25-15-12-18/h5-12,14-15,17H,13,16H2,1-4H3,(H,27,29). The van der Waals surface area contributed by atoms with Gasteiger partial charge in [-0.2, -0.15) is 0 Å². The number of amides is 1. The van der Waals surface area contributed by atoms with Gasteiger partial charge < -0.3 is 10.2 Å². The lowest BCUT2D eigenvalue weighted by atomic mass is 9.87. The maximum atomic E-state index is 12.5. The van der Waals surface area contributed by atoms with Gasteiger partial charge in [0.05, 0.1) is 5.56 Å². The minimum Gasteiger partial charge on any atom is -0.359 e. The van der Waals surface area contributed by atoms with E-state index in [0.717, 1.165) is 24.5 Å². The number of aromatic nitrogens is 2. The molecule has 5 nitrogen and oxygen atoms in total. The quantitative estimate of drug-likeness (QED) is 0.665. The van der Waals surface area contributed by atoms with E-state index in [4.69, 9.17) is 0 Å². The maximum absolute atomic E-state index is 12.5. The SMILES string of the molecule is CN(CCc1ccncc1)c1ccc(C(=O)Nc2ccc(C(C)(C)C)cc2)cn1. The lowest BCUT2D eigenvalue weighted by Crippen LogP contribution is -2.21. The molecule has 2 aromatic heterocycles. The summed E-state index contributed by atoms with van der Waals surface area (Å²) < 4.78 is 0. The molecule has 0 unspecified atom stereocenters. The maximum Gasteiger partial charge on any atom is 0.257 e. The Morgan fingerprint density at radius 3 is 2.28 bits per heavy atom. The molecular formula is C24H28N4O. The van der Waals surface area contributed by atoms with E-state index in [1.54, 1.807) is 18.6 Å². The topological polar surface area (TPSA) is 58.1 Å². The predicted octanol–water partition coefficient (Wildman–Crippen LogP) is 4.71. The molecule has 0 aliphatic rings. The van der Waals surface area contributed by atoms with E-state index in [0.29, 0.717) is 5.56 Å².